The Labute approximate surface area is 129 Å². The van der Waals surface area contributed by atoms with Gasteiger partial charge in [-0.25, -0.2) is 8.42 Å². The summed E-state index contributed by atoms with van der Waals surface area (Å²) in [6.07, 6.45) is 5.83. The van der Waals surface area contributed by atoms with E-state index in [2.05, 4.69) is 0 Å². The van der Waals surface area contributed by atoms with Crippen molar-refractivity contribution < 1.29 is 13.2 Å². The van der Waals surface area contributed by atoms with E-state index in [-0.39, 0.29) is 5.91 Å². The van der Waals surface area contributed by atoms with Crippen LogP contribution in [0.3, 0.4) is 0 Å². The maximum atomic E-state index is 12.5. The Balaban J connectivity index is 1.68. The van der Waals surface area contributed by atoms with E-state index in [4.69, 9.17) is 0 Å². The van der Waals surface area contributed by atoms with Crippen molar-refractivity contribution in [2.45, 2.75) is 25.7 Å². The number of thiophene rings is 1. The molecule has 0 bridgehead atoms. The van der Waals surface area contributed by atoms with Crippen LogP contribution in [0.15, 0.2) is 6.07 Å². The summed E-state index contributed by atoms with van der Waals surface area (Å²) in [6, 6.07) is 2.05. The molecule has 1 aliphatic carbocycles. The predicted molar refractivity (Wildman–Crippen MR) is 83.3 cm³/mol. The van der Waals surface area contributed by atoms with Crippen LogP contribution in [0.1, 0.15) is 33.0 Å². The first kappa shape index (κ1) is 15.0. The van der Waals surface area contributed by atoms with Crippen molar-refractivity contribution in [2.75, 3.05) is 32.4 Å². The monoisotopic (exact) mass is 328 g/mol. The van der Waals surface area contributed by atoms with Gasteiger partial charge in [0.05, 0.1) is 11.1 Å². The smallest absolute Gasteiger partial charge is 0.264 e. The summed E-state index contributed by atoms with van der Waals surface area (Å²) < 4.78 is 24.4. The minimum absolute atomic E-state index is 0.0579. The molecule has 0 radical (unpaired) electrons. The molecule has 1 aromatic rings. The number of aryl methyl sites for hydroxylation is 2. The maximum absolute atomic E-state index is 12.5. The fourth-order valence-corrected chi connectivity index (χ4v) is 5.02. The van der Waals surface area contributed by atoms with Crippen LogP contribution in [-0.2, 0) is 22.9 Å². The normalized spacial score (nSPS) is 20.3. The standard InChI is InChI=1S/C14H20N2O3S2/c1-21(18,19)16-8-6-15(7-9-16)14(17)13-10-11-4-2-3-5-12(11)20-13/h10H,2-9H2,1H3. The van der Waals surface area contributed by atoms with Gasteiger partial charge >= 0.3 is 0 Å². The number of rotatable bonds is 2. The van der Waals surface area contributed by atoms with E-state index in [0.29, 0.717) is 26.2 Å². The highest BCUT2D eigenvalue weighted by Gasteiger charge is 2.28. The predicted octanol–water partition coefficient (Wildman–Crippen LogP) is 1.34. The lowest BCUT2D eigenvalue weighted by molar-refractivity contribution is 0.0703. The second-order valence-corrected chi connectivity index (χ2v) is 8.84. The minimum Gasteiger partial charge on any atom is -0.335 e. The molecule has 0 unspecified atom stereocenters. The number of carbonyl (C=O) groups excluding carboxylic acids is 1. The van der Waals surface area contributed by atoms with Crippen molar-refractivity contribution >= 4 is 27.3 Å². The van der Waals surface area contributed by atoms with Crippen LogP contribution in [-0.4, -0.2) is 56.0 Å². The summed E-state index contributed by atoms with van der Waals surface area (Å²) in [5.41, 5.74) is 1.34. The molecule has 116 valence electrons. The van der Waals surface area contributed by atoms with Gasteiger partial charge in [0.2, 0.25) is 10.0 Å². The van der Waals surface area contributed by atoms with Crippen molar-refractivity contribution in [3.63, 3.8) is 0 Å². The Hall–Kier alpha value is -0.920. The van der Waals surface area contributed by atoms with Crippen LogP contribution in [0.5, 0.6) is 0 Å². The highest BCUT2D eigenvalue weighted by atomic mass is 32.2. The minimum atomic E-state index is -3.14. The van der Waals surface area contributed by atoms with Gasteiger partial charge in [-0.1, -0.05) is 0 Å². The molecule has 1 aliphatic heterocycles. The van der Waals surface area contributed by atoms with E-state index < -0.39 is 10.0 Å². The molecular formula is C14H20N2O3S2. The third-order valence-corrected chi connectivity index (χ3v) is 6.73. The Morgan fingerprint density at radius 2 is 1.81 bits per heavy atom. The van der Waals surface area contributed by atoms with Gasteiger partial charge in [-0.05, 0) is 37.3 Å². The molecule has 1 fully saturated rings. The number of hydrogen-bond donors (Lipinski definition) is 0. The molecule has 5 nitrogen and oxygen atoms in total. The molecule has 2 aliphatic rings. The number of sulfonamides is 1. The van der Waals surface area contributed by atoms with Crippen molar-refractivity contribution in [3.05, 3.63) is 21.4 Å². The Bertz CT molecular complexity index is 620. The highest BCUT2D eigenvalue weighted by molar-refractivity contribution is 7.88. The van der Waals surface area contributed by atoms with Crippen LogP contribution < -0.4 is 0 Å². The zero-order valence-corrected chi connectivity index (χ0v) is 13.8. The quantitative estimate of drug-likeness (QED) is 0.823. The second-order valence-electron chi connectivity index (χ2n) is 5.72. The van der Waals surface area contributed by atoms with Crippen molar-refractivity contribution in [1.29, 1.82) is 0 Å². The number of fused-ring (bicyclic) bond motifs is 1. The Morgan fingerprint density at radius 3 is 2.43 bits per heavy atom. The van der Waals surface area contributed by atoms with Gasteiger partial charge < -0.3 is 4.90 Å². The summed E-state index contributed by atoms with van der Waals surface area (Å²) in [6.45, 7) is 1.76. The molecule has 1 aromatic heterocycles. The number of carbonyl (C=O) groups is 1. The molecule has 1 amide bonds. The molecule has 0 saturated carbocycles. The third-order valence-electron chi connectivity index (χ3n) is 4.20. The molecule has 21 heavy (non-hydrogen) atoms. The van der Waals surface area contributed by atoms with Gasteiger partial charge in [0, 0.05) is 31.1 Å². The molecular weight excluding hydrogens is 308 g/mol. The summed E-state index contributed by atoms with van der Waals surface area (Å²) in [4.78, 5) is 16.5. The van der Waals surface area contributed by atoms with Crippen LogP contribution >= 0.6 is 11.3 Å². The first-order valence-electron chi connectivity index (χ1n) is 7.31. The van der Waals surface area contributed by atoms with Crippen LogP contribution in [0.25, 0.3) is 0 Å². The lowest BCUT2D eigenvalue weighted by Crippen LogP contribution is -2.50. The average Bonchev–Trinajstić information content (AvgIpc) is 2.89. The van der Waals surface area contributed by atoms with Gasteiger partial charge in [0.15, 0.2) is 0 Å². The number of piperazine rings is 1. The first-order chi connectivity index (χ1) is 9.95. The summed E-state index contributed by atoms with van der Waals surface area (Å²) >= 11 is 1.62. The van der Waals surface area contributed by atoms with Gasteiger partial charge in [-0.3, -0.25) is 4.79 Å². The van der Waals surface area contributed by atoms with Crippen LogP contribution in [0.2, 0.25) is 0 Å². The average molecular weight is 328 g/mol. The summed E-state index contributed by atoms with van der Waals surface area (Å²) in [7, 11) is -3.14. The second kappa shape index (κ2) is 5.70. The number of hydrogen-bond acceptors (Lipinski definition) is 4. The first-order valence-corrected chi connectivity index (χ1v) is 9.97. The van der Waals surface area contributed by atoms with E-state index in [9.17, 15) is 13.2 Å². The van der Waals surface area contributed by atoms with Gasteiger partial charge in [-0.15, -0.1) is 11.3 Å². The molecule has 0 aromatic carbocycles. The fraction of sp³-hybridized carbons (Fsp3) is 0.643. The van der Waals surface area contributed by atoms with Crippen LogP contribution in [0.4, 0.5) is 0 Å². The van der Waals surface area contributed by atoms with E-state index in [1.807, 2.05) is 6.07 Å². The number of nitrogens with zero attached hydrogens (tertiary/aromatic N) is 2. The van der Waals surface area contributed by atoms with E-state index in [1.54, 1.807) is 16.2 Å². The molecule has 3 rings (SSSR count). The lowest BCUT2D eigenvalue weighted by Gasteiger charge is -2.33. The fourth-order valence-electron chi connectivity index (χ4n) is 2.97. The molecule has 0 atom stereocenters. The Morgan fingerprint density at radius 1 is 1.14 bits per heavy atom. The number of amides is 1. The topological polar surface area (TPSA) is 57.7 Å². The molecule has 0 N–H and O–H groups in total. The van der Waals surface area contributed by atoms with E-state index in [0.717, 1.165) is 17.7 Å². The third kappa shape index (κ3) is 3.14. The maximum Gasteiger partial charge on any atom is 0.264 e. The molecule has 2 heterocycles. The van der Waals surface area contributed by atoms with E-state index >= 15 is 0 Å². The van der Waals surface area contributed by atoms with Crippen molar-refractivity contribution in [1.82, 2.24) is 9.21 Å². The highest BCUT2D eigenvalue weighted by Crippen LogP contribution is 2.30. The zero-order valence-electron chi connectivity index (χ0n) is 12.2. The van der Waals surface area contributed by atoms with Gasteiger partial charge in [-0.2, -0.15) is 4.31 Å². The van der Waals surface area contributed by atoms with Crippen molar-refractivity contribution in [2.24, 2.45) is 0 Å². The van der Waals surface area contributed by atoms with Crippen molar-refractivity contribution in [3.8, 4) is 0 Å². The van der Waals surface area contributed by atoms with Gasteiger partial charge in [0.25, 0.3) is 5.91 Å². The molecule has 0 spiro atoms. The Kier molecular flexibility index (Phi) is 4.07. The summed E-state index contributed by atoms with van der Waals surface area (Å²) in [5.74, 6) is 0.0579. The zero-order chi connectivity index (χ0) is 15.0. The molecule has 7 heteroatoms. The lowest BCUT2D eigenvalue weighted by atomic mass is 9.99. The van der Waals surface area contributed by atoms with E-state index in [1.165, 1.54) is 33.8 Å². The molecule has 1 saturated heterocycles. The van der Waals surface area contributed by atoms with Gasteiger partial charge in [0.1, 0.15) is 0 Å². The SMILES string of the molecule is CS(=O)(=O)N1CCN(C(=O)c2cc3c(s2)CCCC3)CC1. The summed E-state index contributed by atoms with van der Waals surface area (Å²) in [5, 5.41) is 0. The van der Waals surface area contributed by atoms with Crippen LogP contribution in [0, 0.1) is 0 Å². The largest absolute Gasteiger partial charge is 0.335 e.